The molecule has 2 N–H and O–H groups in total. The summed E-state index contributed by atoms with van der Waals surface area (Å²) in [4.78, 5) is 25.9. The van der Waals surface area contributed by atoms with Gasteiger partial charge in [-0.05, 0) is 42.9 Å². The van der Waals surface area contributed by atoms with Gasteiger partial charge in [-0.1, -0.05) is 19.3 Å². The molecule has 0 aromatic heterocycles. The Hall–Kier alpha value is -2.24. The number of likely N-dealkylation sites (tertiary alicyclic amines) is 1. The maximum atomic E-state index is 12.7. The topological polar surface area (TPSA) is 70.7 Å². The monoisotopic (exact) mass is 345 g/mol. The van der Waals surface area contributed by atoms with Crippen LogP contribution in [0.3, 0.4) is 0 Å². The van der Waals surface area contributed by atoms with Crippen LogP contribution in [0.1, 0.15) is 39.0 Å². The van der Waals surface area contributed by atoms with Gasteiger partial charge in [-0.15, -0.1) is 0 Å². The summed E-state index contributed by atoms with van der Waals surface area (Å²) in [5.41, 5.74) is 1.21. The fraction of sp³-hybridized carbons (Fsp3) is 0.579. The van der Waals surface area contributed by atoms with Gasteiger partial charge in [-0.3, -0.25) is 4.79 Å². The lowest BCUT2D eigenvalue weighted by Crippen LogP contribution is -2.46. The molecule has 6 heteroatoms. The van der Waals surface area contributed by atoms with Crippen LogP contribution >= 0.6 is 0 Å². The number of methoxy groups -OCH3 is 1. The first-order valence-electron chi connectivity index (χ1n) is 9.08. The Balaban J connectivity index is 1.68. The zero-order valence-electron chi connectivity index (χ0n) is 15.0. The summed E-state index contributed by atoms with van der Waals surface area (Å²) in [7, 11) is 1.57. The number of hydrogen-bond acceptors (Lipinski definition) is 3. The summed E-state index contributed by atoms with van der Waals surface area (Å²) >= 11 is 0. The van der Waals surface area contributed by atoms with Crippen molar-refractivity contribution in [1.29, 1.82) is 0 Å². The molecule has 1 saturated carbocycles. The summed E-state index contributed by atoms with van der Waals surface area (Å²) < 4.78 is 5.33. The van der Waals surface area contributed by atoms with Gasteiger partial charge in [0.1, 0.15) is 5.75 Å². The minimum atomic E-state index is -0.151. The molecule has 6 nitrogen and oxygen atoms in total. The third kappa shape index (κ3) is 4.24. The van der Waals surface area contributed by atoms with Crippen molar-refractivity contribution in [3.8, 4) is 5.75 Å². The Morgan fingerprint density at radius 2 is 1.88 bits per heavy atom. The number of carbonyl (C=O) groups is 2. The Kier molecular flexibility index (Phi) is 5.46. The number of nitrogens with zero attached hydrogens (tertiary/aromatic N) is 1. The van der Waals surface area contributed by atoms with E-state index in [0.717, 1.165) is 25.4 Å². The number of ether oxygens (including phenoxy) is 1. The molecule has 1 heterocycles. The fourth-order valence-electron chi connectivity index (χ4n) is 4.07. The number of nitrogens with one attached hydrogen (secondary N) is 2. The van der Waals surface area contributed by atoms with E-state index in [4.69, 9.17) is 4.74 Å². The predicted molar refractivity (Wildman–Crippen MR) is 98.0 cm³/mol. The number of carbonyl (C=O) groups excluding carboxylic acids is 2. The average Bonchev–Trinajstić information content (AvgIpc) is 2.61. The van der Waals surface area contributed by atoms with Crippen molar-refractivity contribution in [2.24, 2.45) is 11.8 Å². The summed E-state index contributed by atoms with van der Waals surface area (Å²) in [5, 5.41) is 5.68. The third-order valence-corrected chi connectivity index (χ3v) is 5.34. The van der Waals surface area contributed by atoms with Crippen molar-refractivity contribution in [2.45, 2.75) is 39.0 Å². The van der Waals surface area contributed by atoms with E-state index in [1.165, 1.54) is 32.6 Å². The van der Waals surface area contributed by atoms with Gasteiger partial charge in [0.25, 0.3) is 0 Å². The quantitative estimate of drug-likeness (QED) is 0.877. The van der Waals surface area contributed by atoms with E-state index in [9.17, 15) is 9.59 Å². The van der Waals surface area contributed by atoms with Crippen LogP contribution < -0.4 is 15.4 Å². The zero-order chi connectivity index (χ0) is 17.8. The molecular weight excluding hydrogens is 318 g/mol. The van der Waals surface area contributed by atoms with Crippen molar-refractivity contribution in [2.75, 3.05) is 30.8 Å². The largest absolute Gasteiger partial charge is 0.495 e. The first kappa shape index (κ1) is 17.6. The molecule has 3 rings (SSSR count). The van der Waals surface area contributed by atoms with Crippen molar-refractivity contribution in [1.82, 2.24) is 4.90 Å². The molecule has 3 amide bonds. The van der Waals surface area contributed by atoms with Crippen LogP contribution in [0.25, 0.3) is 0 Å². The molecule has 0 radical (unpaired) electrons. The molecule has 2 atom stereocenters. The fourth-order valence-corrected chi connectivity index (χ4v) is 4.07. The minimum absolute atomic E-state index is 0.0951. The summed E-state index contributed by atoms with van der Waals surface area (Å²) in [5.74, 6) is 1.85. The van der Waals surface area contributed by atoms with Gasteiger partial charge in [0, 0.05) is 25.7 Å². The second kappa shape index (κ2) is 7.76. The molecule has 1 aliphatic heterocycles. The molecule has 1 aromatic rings. The van der Waals surface area contributed by atoms with Gasteiger partial charge < -0.3 is 20.3 Å². The predicted octanol–water partition coefficient (Wildman–Crippen LogP) is 3.70. The average molecular weight is 345 g/mol. The number of amides is 3. The van der Waals surface area contributed by atoms with Gasteiger partial charge in [0.15, 0.2) is 0 Å². The molecule has 1 aliphatic carbocycles. The SMILES string of the molecule is COc1ccc(NC(C)=O)cc1NC(=O)N1CC[C@@H]2CCCC[C@H]2C1. The first-order chi connectivity index (χ1) is 12.1. The van der Waals surface area contributed by atoms with Gasteiger partial charge in [-0.2, -0.15) is 0 Å². The summed E-state index contributed by atoms with van der Waals surface area (Å²) in [6.07, 6.45) is 6.26. The molecule has 2 aliphatic rings. The molecular formula is C19H27N3O3. The van der Waals surface area contributed by atoms with Gasteiger partial charge in [-0.25, -0.2) is 4.79 Å². The Bertz CT molecular complexity index is 647. The van der Waals surface area contributed by atoms with Crippen molar-refractivity contribution < 1.29 is 14.3 Å². The van der Waals surface area contributed by atoms with E-state index in [0.29, 0.717) is 23.0 Å². The van der Waals surface area contributed by atoms with Crippen molar-refractivity contribution in [3.05, 3.63) is 18.2 Å². The highest BCUT2D eigenvalue weighted by Gasteiger charge is 2.33. The molecule has 136 valence electrons. The van der Waals surface area contributed by atoms with E-state index in [1.54, 1.807) is 25.3 Å². The first-order valence-corrected chi connectivity index (χ1v) is 9.08. The lowest BCUT2D eigenvalue weighted by molar-refractivity contribution is -0.114. The maximum Gasteiger partial charge on any atom is 0.321 e. The van der Waals surface area contributed by atoms with Crippen molar-refractivity contribution >= 4 is 23.3 Å². The number of anilines is 2. The molecule has 0 spiro atoms. The van der Waals surface area contributed by atoms with E-state index in [-0.39, 0.29) is 11.9 Å². The van der Waals surface area contributed by atoms with E-state index in [1.807, 2.05) is 4.90 Å². The van der Waals surface area contributed by atoms with E-state index in [2.05, 4.69) is 10.6 Å². The number of benzene rings is 1. The van der Waals surface area contributed by atoms with Crippen LogP contribution in [-0.4, -0.2) is 37.0 Å². The number of hydrogen-bond donors (Lipinski definition) is 2. The zero-order valence-corrected chi connectivity index (χ0v) is 15.0. The van der Waals surface area contributed by atoms with E-state index < -0.39 is 0 Å². The van der Waals surface area contributed by atoms with Crippen LogP contribution in [0.15, 0.2) is 18.2 Å². The summed E-state index contributed by atoms with van der Waals surface area (Å²) in [6, 6.07) is 5.13. The second-order valence-electron chi connectivity index (χ2n) is 7.07. The molecule has 25 heavy (non-hydrogen) atoms. The Morgan fingerprint density at radius 3 is 2.60 bits per heavy atom. The standard InChI is InChI=1S/C19H27N3O3/c1-13(23)20-16-7-8-18(25-2)17(11-16)21-19(24)22-10-9-14-5-3-4-6-15(14)12-22/h7-8,11,14-15H,3-6,9-10,12H2,1-2H3,(H,20,23)(H,21,24)/t14-,15-/m0/s1. The van der Waals surface area contributed by atoms with Crippen LogP contribution in [0.5, 0.6) is 5.75 Å². The third-order valence-electron chi connectivity index (χ3n) is 5.34. The van der Waals surface area contributed by atoms with Gasteiger partial charge in [0.2, 0.25) is 5.91 Å². The van der Waals surface area contributed by atoms with Gasteiger partial charge in [0.05, 0.1) is 12.8 Å². The Morgan fingerprint density at radius 1 is 1.12 bits per heavy atom. The van der Waals surface area contributed by atoms with Crippen LogP contribution in [0.2, 0.25) is 0 Å². The molecule has 0 bridgehead atoms. The number of piperidine rings is 1. The lowest BCUT2D eigenvalue weighted by atomic mass is 9.75. The highest BCUT2D eigenvalue weighted by molar-refractivity contribution is 5.94. The highest BCUT2D eigenvalue weighted by Crippen LogP contribution is 2.36. The molecule has 2 fully saturated rings. The van der Waals surface area contributed by atoms with Gasteiger partial charge >= 0.3 is 6.03 Å². The summed E-state index contributed by atoms with van der Waals surface area (Å²) in [6.45, 7) is 3.10. The van der Waals surface area contributed by atoms with Crippen LogP contribution in [0.4, 0.5) is 16.2 Å². The number of rotatable bonds is 3. The van der Waals surface area contributed by atoms with Crippen molar-refractivity contribution in [3.63, 3.8) is 0 Å². The lowest BCUT2D eigenvalue weighted by Gasteiger charge is -2.41. The molecule has 1 saturated heterocycles. The maximum absolute atomic E-state index is 12.7. The van der Waals surface area contributed by atoms with Crippen LogP contribution in [0, 0.1) is 11.8 Å². The minimum Gasteiger partial charge on any atom is -0.495 e. The highest BCUT2D eigenvalue weighted by atomic mass is 16.5. The Labute approximate surface area is 148 Å². The second-order valence-corrected chi connectivity index (χ2v) is 7.07. The van der Waals surface area contributed by atoms with E-state index >= 15 is 0 Å². The number of fused-ring (bicyclic) bond motifs is 1. The normalized spacial score (nSPS) is 22.7. The smallest absolute Gasteiger partial charge is 0.321 e. The molecule has 0 unspecified atom stereocenters. The van der Waals surface area contributed by atoms with Crippen LogP contribution in [-0.2, 0) is 4.79 Å². The molecule has 1 aromatic carbocycles. The number of urea groups is 1.